The van der Waals surface area contributed by atoms with Crippen LogP contribution in [0.15, 0.2) is 11.8 Å². The molecule has 0 saturated carbocycles. The Bertz CT molecular complexity index is 131. The van der Waals surface area contributed by atoms with E-state index in [9.17, 15) is 0 Å². The number of aliphatic hydroxyl groups is 1. The Balaban J connectivity index is 4.00. The highest BCUT2D eigenvalue weighted by Crippen LogP contribution is 2.21. The first-order chi connectivity index (χ1) is 6.24. The molecule has 0 spiro atoms. The van der Waals surface area contributed by atoms with E-state index in [-0.39, 0.29) is 0 Å². The van der Waals surface area contributed by atoms with Gasteiger partial charge in [0.15, 0.2) is 0 Å². The van der Waals surface area contributed by atoms with Crippen LogP contribution < -0.4 is 0 Å². The molecule has 1 nitrogen and oxygen atoms in total. The molecule has 0 aliphatic rings. The van der Waals surface area contributed by atoms with Gasteiger partial charge in [0.05, 0.1) is 8.07 Å². The normalized spacial score (nSPS) is 12.6. The third kappa shape index (κ3) is 4.63. The maximum atomic E-state index is 8.64. The lowest BCUT2D eigenvalue weighted by molar-refractivity contribution is 0.289. The van der Waals surface area contributed by atoms with E-state index < -0.39 is 8.07 Å². The number of hydrogen-bond acceptors (Lipinski definition) is 1. The molecule has 0 aliphatic carbocycles. The zero-order chi connectivity index (χ0) is 10.2. The van der Waals surface area contributed by atoms with Gasteiger partial charge in [0.25, 0.3) is 0 Å². The Labute approximate surface area is 83.9 Å². The van der Waals surface area contributed by atoms with E-state index in [0.717, 1.165) is 12.8 Å². The molecule has 0 aliphatic heterocycles. The fourth-order valence-corrected chi connectivity index (χ4v) is 4.52. The van der Waals surface area contributed by atoms with Crippen molar-refractivity contribution in [2.24, 2.45) is 0 Å². The SMILES string of the molecule is CC[Si](/C=C\CCCO)(CC)CC. The summed E-state index contributed by atoms with van der Waals surface area (Å²) in [5, 5.41) is 8.64. The van der Waals surface area contributed by atoms with Crippen molar-refractivity contribution in [2.75, 3.05) is 6.61 Å². The van der Waals surface area contributed by atoms with Crippen LogP contribution in [0.3, 0.4) is 0 Å². The third-order valence-electron chi connectivity index (χ3n) is 3.11. The molecule has 0 amide bonds. The van der Waals surface area contributed by atoms with Gasteiger partial charge in [-0.1, -0.05) is 50.7 Å². The van der Waals surface area contributed by atoms with Crippen LogP contribution in [0.4, 0.5) is 0 Å². The van der Waals surface area contributed by atoms with Crippen molar-refractivity contribution in [2.45, 2.75) is 51.7 Å². The first kappa shape index (κ1) is 12.9. The standard InChI is InChI=1S/C11H24OSi/c1-4-13(5-2,6-3)11-9-7-8-10-12/h9,11-12H,4-8,10H2,1-3H3/b11-9-. The maximum absolute atomic E-state index is 8.64. The van der Waals surface area contributed by atoms with Gasteiger partial charge in [-0.3, -0.25) is 0 Å². The first-order valence-electron chi connectivity index (χ1n) is 5.53. The molecule has 2 heteroatoms. The van der Waals surface area contributed by atoms with Crippen molar-refractivity contribution in [3.63, 3.8) is 0 Å². The van der Waals surface area contributed by atoms with Crippen molar-refractivity contribution in [1.29, 1.82) is 0 Å². The summed E-state index contributed by atoms with van der Waals surface area (Å²) in [5.41, 5.74) is 2.49. The van der Waals surface area contributed by atoms with Gasteiger partial charge in [-0.15, -0.1) is 0 Å². The van der Waals surface area contributed by atoms with E-state index in [1.165, 1.54) is 18.1 Å². The van der Waals surface area contributed by atoms with Crippen LogP contribution >= 0.6 is 0 Å². The molecule has 0 aromatic rings. The summed E-state index contributed by atoms with van der Waals surface area (Å²) >= 11 is 0. The molecule has 13 heavy (non-hydrogen) atoms. The van der Waals surface area contributed by atoms with Crippen LogP contribution in [0.25, 0.3) is 0 Å². The van der Waals surface area contributed by atoms with Crippen LogP contribution in [0.2, 0.25) is 18.1 Å². The van der Waals surface area contributed by atoms with E-state index in [1.54, 1.807) is 0 Å². The van der Waals surface area contributed by atoms with E-state index in [0.29, 0.717) is 6.61 Å². The molecular formula is C11H24OSi. The predicted octanol–water partition coefficient (Wildman–Crippen LogP) is 3.36. The zero-order valence-corrected chi connectivity index (χ0v) is 10.3. The second kappa shape index (κ2) is 7.33. The average Bonchev–Trinajstić information content (AvgIpc) is 2.20. The molecule has 0 heterocycles. The van der Waals surface area contributed by atoms with E-state index in [2.05, 4.69) is 32.5 Å². The van der Waals surface area contributed by atoms with Gasteiger partial charge in [-0.05, 0) is 12.8 Å². The fourth-order valence-electron chi connectivity index (χ4n) is 1.65. The van der Waals surface area contributed by atoms with Crippen LogP contribution in [-0.2, 0) is 0 Å². The first-order valence-corrected chi connectivity index (χ1v) is 8.23. The predicted molar refractivity (Wildman–Crippen MR) is 62.7 cm³/mol. The molecule has 0 unspecified atom stereocenters. The lowest BCUT2D eigenvalue weighted by Crippen LogP contribution is -2.28. The monoisotopic (exact) mass is 200 g/mol. The lowest BCUT2D eigenvalue weighted by Gasteiger charge is -2.23. The van der Waals surface area contributed by atoms with Gasteiger partial charge >= 0.3 is 0 Å². The highest BCUT2D eigenvalue weighted by Gasteiger charge is 2.22. The van der Waals surface area contributed by atoms with Gasteiger partial charge in [-0.2, -0.15) is 0 Å². The molecule has 0 aromatic heterocycles. The Morgan fingerprint density at radius 1 is 1.08 bits per heavy atom. The molecule has 0 radical (unpaired) electrons. The summed E-state index contributed by atoms with van der Waals surface area (Å²) < 4.78 is 0. The van der Waals surface area contributed by atoms with E-state index in [1.807, 2.05) is 0 Å². The Morgan fingerprint density at radius 3 is 2.00 bits per heavy atom. The Hall–Kier alpha value is -0.0831. The van der Waals surface area contributed by atoms with Gasteiger partial charge in [0.2, 0.25) is 0 Å². The molecule has 0 atom stereocenters. The van der Waals surface area contributed by atoms with Crippen molar-refractivity contribution in [1.82, 2.24) is 0 Å². The summed E-state index contributed by atoms with van der Waals surface area (Å²) in [6.07, 6.45) is 4.25. The number of allylic oxidation sites excluding steroid dienone is 1. The highest BCUT2D eigenvalue weighted by molar-refractivity contribution is 6.84. The molecule has 0 fully saturated rings. The van der Waals surface area contributed by atoms with Gasteiger partial charge in [0, 0.05) is 6.61 Å². The average molecular weight is 200 g/mol. The van der Waals surface area contributed by atoms with Gasteiger partial charge in [0.1, 0.15) is 0 Å². The maximum Gasteiger partial charge on any atom is 0.0766 e. The second-order valence-electron chi connectivity index (χ2n) is 3.69. The summed E-state index contributed by atoms with van der Waals surface area (Å²) in [4.78, 5) is 0. The number of hydrogen-bond donors (Lipinski definition) is 1. The lowest BCUT2D eigenvalue weighted by atomic mass is 10.3. The minimum absolute atomic E-state index is 0.323. The van der Waals surface area contributed by atoms with E-state index >= 15 is 0 Å². The van der Waals surface area contributed by atoms with Crippen LogP contribution in [0.1, 0.15) is 33.6 Å². The van der Waals surface area contributed by atoms with Crippen molar-refractivity contribution >= 4 is 8.07 Å². The zero-order valence-electron chi connectivity index (χ0n) is 9.34. The van der Waals surface area contributed by atoms with Crippen molar-refractivity contribution < 1.29 is 5.11 Å². The largest absolute Gasteiger partial charge is 0.396 e. The third-order valence-corrected chi connectivity index (χ3v) is 8.28. The minimum atomic E-state index is -1.03. The summed E-state index contributed by atoms with van der Waals surface area (Å²) in [5.74, 6) is 0. The Kier molecular flexibility index (Phi) is 7.29. The van der Waals surface area contributed by atoms with Gasteiger partial charge in [-0.25, -0.2) is 0 Å². The van der Waals surface area contributed by atoms with Crippen molar-refractivity contribution in [3.05, 3.63) is 11.8 Å². The van der Waals surface area contributed by atoms with Crippen molar-refractivity contribution in [3.8, 4) is 0 Å². The summed E-state index contributed by atoms with van der Waals surface area (Å²) in [6, 6.07) is 4.07. The van der Waals surface area contributed by atoms with Crippen LogP contribution in [-0.4, -0.2) is 19.8 Å². The quantitative estimate of drug-likeness (QED) is 0.493. The smallest absolute Gasteiger partial charge is 0.0766 e. The number of unbranched alkanes of at least 4 members (excludes halogenated alkanes) is 1. The molecule has 0 aromatic carbocycles. The fraction of sp³-hybridized carbons (Fsp3) is 0.818. The second-order valence-corrected chi connectivity index (χ2v) is 8.87. The van der Waals surface area contributed by atoms with Crippen LogP contribution in [0, 0.1) is 0 Å². The minimum Gasteiger partial charge on any atom is -0.396 e. The topological polar surface area (TPSA) is 20.2 Å². The number of aliphatic hydroxyl groups excluding tert-OH is 1. The Morgan fingerprint density at radius 2 is 1.62 bits per heavy atom. The molecule has 1 N–H and O–H groups in total. The van der Waals surface area contributed by atoms with E-state index in [4.69, 9.17) is 5.11 Å². The summed E-state index contributed by atoms with van der Waals surface area (Å²) in [7, 11) is -1.03. The molecule has 78 valence electrons. The molecule has 0 rings (SSSR count). The number of rotatable bonds is 7. The molecule has 0 bridgehead atoms. The summed E-state index contributed by atoms with van der Waals surface area (Å²) in [6.45, 7) is 7.27. The highest BCUT2D eigenvalue weighted by atomic mass is 28.3. The molecule has 0 saturated heterocycles. The molecular weight excluding hydrogens is 176 g/mol. The van der Waals surface area contributed by atoms with Crippen LogP contribution in [0.5, 0.6) is 0 Å². The van der Waals surface area contributed by atoms with Gasteiger partial charge < -0.3 is 5.11 Å².